The fraction of sp³-hybridized carbons (Fsp3) is 0.375. The Kier molecular flexibility index (Phi) is 5.27. The van der Waals surface area contributed by atoms with E-state index in [1.807, 2.05) is 0 Å². The SMILES string of the molecule is O=C(c1cccnc1)N1CCC(CNS(=O)(=O)c2cccs2)CC1. The Labute approximate surface area is 145 Å². The number of carbonyl (C=O) groups excluding carboxylic acids is 1. The van der Waals surface area contributed by atoms with Gasteiger partial charge < -0.3 is 4.90 Å². The van der Waals surface area contributed by atoms with Crippen LogP contribution in [0, 0.1) is 5.92 Å². The van der Waals surface area contributed by atoms with Crippen LogP contribution in [0.2, 0.25) is 0 Å². The van der Waals surface area contributed by atoms with Crippen molar-refractivity contribution in [3.8, 4) is 0 Å². The maximum Gasteiger partial charge on any atom is 0.255 e. The van der Waals surface area contributed by atoms with Gasteiger partial charge in [0, 0.05) is 32.0 Å². The van der Waals surface area contributed by atoms with E-state index < -0.39 is 10.0 Å². The van der Waals surface area contributed by atoms with E-state index in [1.54, 1.807) is 46.9 Å². The summed E-state index contributed by atoms with van der Waals surface area (Å²) in [6.45, 7) is 1.69. The van der Waals surface area contributed by atoms with Crippen molar-refractivity contribution in [2.24, 2.45) is 5.92 Å². The first kappa shape index (κ1) is 17.1. The highest BCUT2D eigenvalue weighted by Crippen LogP contribution is 2.20. The molecule has 8 heteroatoms. The van der Waals surface area contributed by atoms with Crippen molar-refractivity contribution >= 4 is 27.3 Å². The lowest BCUT2D eigenvalue weighted by Gasteiger charge is -2.32. The summed E-state index contributed by atoms with van der Waals surface area (Å²) in [5.74, 6) is 0.235. The zero-order valence-electron chi connectivity index (χ0n) is 13.1. The molecule has 24 heavy (non-hydrogen) atoms. The van der Waals surface area contributed by atoms with Gasteiger partial charge in [-0.1, -0.05) is 6.07 Å². The van der Waals surface area contributed by atoms with Gasteiger partial charge in [0.05, 0.1) is 5.56 Å². The van der Waals surface area contributed by atoms with Crippen LogP contribution in [0.4, 0.5) is 0 Å². The van der Waals surface area contributed by atoms with Crippen LogP contribution >= 0.6 is 11.3 Å². The van der Waals surface area contributed by atoms with Crippen LogP contribution in [0.5, 0.6) is 0 Å². The van der Waals surface area contributed by atoms with Crippen molar-refractivity contribution in [3.05, 3.63) is 47.6 Å². The lowest BCUT2D eigenvalue weighted by atomic mass is 9.97. The van der Waals surface area contributed by atoms with Crippen LogP contribution in [0.25, 0.3) is 0 Å². The minimum Gasteiger partial charge on any atom is -0.339 e. The van der Waals surface area contributed by atoms with Crippen molar-refractivity contribution in [2.45, 2.75) is 17.1 Å². The van der Waals surface area contributed by atoms with Gasteiger partial charge in [0.1, 0.15) is 4.21 Å². The second kappa shape index (κ2) is 7.42. The zero-order chi connectivity index (χ0) is 17.0. The quantitative estimate of drug-likeness (QED) is 0.879. The van der Waals surface area contributed by atoms with Crippen LogP contribution in [0.1, 0.15) is 23.2 Å². The summed E-state index contributed by atoms with van der Waals surface area (Å²) in [5.41, 5.74) is 0.592. The monoisotopic (exact) mass is 365 g/mol. The Bertz CT molecular complexity index is 768. The van der Waals surface area contributed by atoms with E-state index in [1.165, 1.54) is 11.3 Å². The molecule has 0 aromatic carbocycles. The Hall–Kier alpha value is -1.77. The molecule has 0 radical (unpaired) electrons. The minimum atomic E-state index is -3.41. The molecule has 128 valence electrons. The van der Waals surface area contributed by atoms with Gasteiger partial charge in [0.15, 0.2) is 0 Å². The Morgan fingerprint density at radius 2 is 2.08 bits per heavy atom. The smallest absolute Gasteiger partial charge is 0.255 e. The van der Waals surface area contributed by atoms with E-state index in [2.05, 4.69) is 9.71 Å². The standard InChI is InChI=1S/C16H19N3O3S2/c20-16(14-3-1-7-17-12-14)19-8-5-13(6-9-19)11-18-24(21,22)15-4-2-10-23-15/h1-4,7,10,12-13,18H,5-6,8-9,11H2. The Morgan fingerprint density at radius 1 is 1.29 bits per heavy atom. The third-order valence-electron chi connectivity index (χ3n) is 4.13. The zero-order valence-corrected chi connectivity index (χ0v) is 14.7. The minimum absolute atomic E-state index is 0.0132. The van der Waals surface area contributed by atoms with E-state index in [4.69, 9.17) is 0 Å². The third kappa shape index (κ3) is 4.00. The molecular formula is C16H19N3O3S2. The second-order valence-electron chi connectivity index (χ2n) is 5.76. The molecule has 0 unspecified atom stereocenters. The average molecular weight is 365 g/mol. The maximum absolute atomic E-state index is 12.4. The third-order valence-corrected chi connectivity index (χ3v) is 6.95. The maximum atomic E-state index is 12.4. The molecule has 0 bridgehead atoms. The average Bonchev–Trinajstić information content (AvgIpc) is 3.16. The molecule has 1 saturated heterocycles. The molecule has 1 fully saturated rings. The van der Waals surface area contributed by atoms with Crippen molar-refractivity contribution in [2.75, 3.05) is 19.6 Å². The van der Waals surface area contributed by atoms with Crippen molar-refractivity contribution in [3.63, 3.8) is 0 Å². The number of amides is 1. The molecule has 2 aromatic rings. The number of thiophene rings is 1. The molecule has 0 saturated carbocycles. The molecule has 1 amide bonds. The highest BCUT2D eigenvalue weighted by atomic mass is 32.2. The molecule has 6 nitrogen and oxygen atoms in total. The first-order valence-electron chi connectivity index (χ1n) is 7.79. The van der Waals surface area contributed by atoms with Gasteiger partial charge in [0.2, 0.25) is 10.0 Å². The summed E-state index contributed by atoms with van der Waals surface area (Å²) in [6.07, 6.45) is 4.80. The number of piperidine rings is 1. The molecular weight excluding hydrogens is 346 g/mol. The second-order valence-corrected chi connectivity index (χ2v) is 8.70. The first-order chi connectivity index (χ1) is 11.6. The lowest BCUT2D eigenvalue weighted by molar-refractivity contribution is 0.0691. The Morgan fingerprint density at radius 3 is 2.71 bits per heavy atom. The number of sulfonamides is 1. The molecule has 1 aliphatic heterocycles. The van der Waals surface area contributed by atoms with Crippen molar-refractivity contribution in [1.82, 2.24) is 14.6 Å². The number of aromatic nitrogens is 1. The van der Waals surface area contributed by atoms with Gasteiger partial charge in [-0.3, -0.25) is 9.78 Å². The van der Waals surface area contributed by atoms with E-state index >= 15 is 0 Å². The van der Waals surface area contributed by atoms with Crippen molar-refractivity contribution in [1.29, 1.82) is 0 Å². The highest BCUT2D eigenvalue weighted by molar-refractivity contribution is 7.91. The summed E-state index contributed by atoms with van der Waals surface area (Å²) in [5, 5.41) is 1.75. The topological polar surface area (TPSA) is 79.4 Å². The number of carbonyl (C=O) groups is 1. The molecule has 1 N–H and O–H groups in total. The molecule has 3 heterocycles. The predicted octanol–water partition coefficient (Wildman–Crippen LogP) is 1.97. The van der Waals surface area contributed by atoms with Crippen LogP contribution in [-0.4, -0.2) is 43.8 Å². The fourth-order valence-electron chi connectivity index (χ4n) is 2.73. The van der Waals surface area contributed by atoms with Gasteiger partial charge in [-0.15, -0.1) is 11.3 Å². The van der Waals surface area contributed by atoms with Gasteiger partial charge in [-0.05, 0) is 42.3 Å². The van der Waals surface area contributed by atoms with Gasteiger partial charge in [-0.25, -0.2) is 13.1 Å². The van der Waals surface area contributed by atoms with Crippen LogP contribution in [0.15, 0.2) is 46.2 Å². The summed E-state index contributed by atoms with van der Waals surface area (Å²) < 4.78 is 27.3. The van der Waals surface area contributed by atoms with Crippen LogP contribution in [0.3, 0.4) is 0 Å². The van der Waals surface area contributed by atoms with E-state index in [0.29, 0.717) is 29.4 Å². The number of rotatable bonds is 5. The van der Waals surface area contributed by atoms with E-state index in [9.17, 15) is 13.2 Å². The van der Waals surface area contributed by atoms with Gasteiger partial charge >= 0.3 is 0 Å². The fourth-order valence-corrected chi connectivity index (χ4v) is 4.88. The van der Waals surface area contributed by atoms with Crippen LogP contribution in [-0.2, 0) is 10.0 Å². The number of hydrogen-bond acceptors (Lipinski definition) is 5. The number of nitrogens with one attached hydrogen (secondary N) is 1. The van der Waals surface area contributed by atoms with Gasteiger partial charge in [0.25, 0.3) is 5.91 Å². The summed E-state index contributed by atoms with van der Waals surface area (Å²) in [4.78, 5) is 18.1. The molecule has 0 aliphatic carbocycles. The lowest BCUT2D eigenvalue weighted by Crippen LogP contribution is -2.41. The van der Waals surface area contributed by atoms with Crippen LogP contribution < -0.4 is 4.72 Å². The highest BCUT2D eigenvalue weighted by Gasteiger charge is 2.25. The van der Waals surface area contributed by atoms with Crippen molar-refractivity contribution < 1.29 is 13.2 Å². The number of likely N-dealkylation sites (tertiary alicyclic amines) is 1. The number of nitrogens with zero attached hydrogens (tertiary/aromatic N) is 2. The summed E-state index contributed by atoms with van der Waals surface area (Å²) in [6, 6.07) is 6.83. The molecule has 2 aromatic heterocycles. The molecule has 1 aliphatic rings. The first-order valence-corrected chi connectivity index (χ1v) is 10.1. The van der Waals surface area contributed by atoms with Gasteiger partial charge in [-0.2, -0.15) is 0 Å². The number of hydrogen-bond donors (Lipinski definition) is 1. The summed E-state index contributed by atoms with van der Waals surface area (Å²) >= 11 is 1.21. The molecule has 3 rings (SSSR count). The predicted molar refractivity (Wildman–Crippen MR) is 92.4 cm³/mol. The Balaban J connectivity index is 1.50. The molecule has 0 atom stereocenters. The van der Waals surface area contributed by atoms with E-state index in [-0.39, 0.29) is 11.8 Å². The van der Waals surface area contributed by atoms with E-state index in [0.717, 1.165) is 12.8 Å². The largest absolute Gasteiger partial charge is 0.339 e. The summed E-state index contributed by atoms with van der Waals surface area (Å²) in [7, 11) is -3.41. The molecule has 0 spiro atoms. The normalized spacial score (nSPS) is 16.2. The number of pyridine rings is 1.